The van der Waals surface area contributed by atoms with Crippen molar-refractivity contribution >= 4 is 11.9 Å². The van der Waals surface area contributed by atoms with E-state index in [1.54, 1.807) is 0 Å². The molecule has 0 unspecified atom stereocenters. The Balaban J connectivity index is 3.76. The highest BCUT2D eigenvalue weighted by Crippen LogP contribution is 2.07. The summed E-state index contributed by atoms with van der Waals surface area (Å²) in [5.41, 5.74) is 0. The number of carbonyl (C=O) groups excluding carboxylic acids is 2. The van der Waals surface area contributed by atoms with Crippen LogP contribution in [0.1, 0.15) is 110 Å². The van der Waals surface area contributed by atoms with Gasteiger partial charge in [0.15, 0.2) is 6.10 Å². The minimum atomic E-state index is -0.803. The maximum absolute atomic E-state index is 12.0. The fourth-order valence-electron chi connectivity index (χ4n) is 3.44. The van der Waals surface area contributed by atoms with Gasteiger partial charge in [-0.2, -0.15) is 0 Å². The van der Waals surface area contributed by atoms with Crippen molar-refractivity contribution in [3.05, 3.63) is 48.6 Å². The fourth-order valence-corrected chi connectivity index (χ4v) is 3.44. The quantitative estimate of drug-likeness (QED) is 0.0816. The molecule has 212 valence electrons. The smallest absolute Gasteiger partial charge is 0.306 e. The van der Waals surface area contributed by atoms with Gasteiger partial charge in [0.2, 0.25) is 0 Å². The molecular weight excluding hydrogens is 468 g/mol. The third-order valence-electron chi connectivity index (χ3n) is 5.64. The molecule has 0 aliphatic carbocycles. The van der Waals surface area contributed by atoms with Crippen molar-refractivity contribution in [1.29, 1.82) is 0 Å². The second kappa shape index (κ2) is 26.9. The zero-order valence-electron chi connectivity index (χ0n) is 23.3. The second-order valence-corrected chi connectivity index (χ2v) is 9.41. The van der Waals surface area contributed by atoms with Gasteiger partial charge in [-0.25, -0.2) is 0 Å². The molecule has 6 nitrogen and oxygen atoms in total. The van der Waals surface area contributed by atoms with Gasteiger partial charge in [0.05, 0.1) is 12.7 Å². The van der Waals surface area contributed by atoms with E-state index in [4.69, 9.17) is 9.47 Å². The van der Waals surface area contributed by atoms with Crippen molar-refractivity contribution in [1.82, 2.24) is 0 Å². The van der Waals surface area contributed by atoms with Crippen LogP contribution in [0.5, 0.6) is 0 Å². The van der Waals surface area contributed by atoms with Crippen LogP contribution in [0.3, 0.4) is 0 Å². The summed E-state index contributed by atoms with van der Waals surface area (Å²) in [5.74, 6) is -0.696. The van der Waals surface area contributed by atoms with E-state index in [1.807, 2.05) is 6.92 Å². The fraction of sp³-hybridized carbons (Fsp3) is 0.677. The predicted molar refractivity (Wildman–Crippen MR) is 151 cm³/mol. The largest absolute Gasteiger partial charge is 0.462 e. The predicted octanol–water partition coefficient (Wildman–Crippen LogP) is 6.91. The zero-order valence-corrected chi connectivity index (χ0v) is 23.3. The Morgan fingerprint density at radius 2 is 1.27 bits per heavy atom. The number of rotatable bonds is 24. The SMILES string of the molecule is CCCCCCCC(=O)OC[C@H](CO)OC(=O)CCC/C=C\C/C=C\C/C=C\C/C=C\CCC[C@H](C)O. The molecule has 2 N–H and O–H groups in total. The van der Waals surface area contributed by atoms with Gasteiger partial charge in [0.1, 0.15) is 6.61 Å². The van der Waals surface area contributed by atoms with E-state index >= 15 is 0 Å². The Kier molecular flexibility index (Phi) is 25.3. The molecule has 0 spiro atoms. The number of esters is 2. The molecular formula is C31H52O6. The number of hydrogen-bond donors (Lipinski definition) is 2. The summed E-state index contributed by atoms with van der Waals surface area (Å²) in [7, 11) is 0. The first-order valence-electron chi connectivity index (χ1n) is 14.2. The lowest BCUT2D eigenvalue weighted by Crippen LogP contribution is -2.28. The summed E-state index contributed by atoms with van der Waals surface area (Å²) in [5, 5.41) is 18.6. The molecule has 0 aromatic heterocycles. The Bertz CT molecular complexity index is 663. The molecule has 0 radical (unpaired) electrons. The number of ether oxygens (including phenoxy) is 2. The number of aliphatic hydroxyl groups excluding tert-OH is 2. The Hall–Kier alpha value is -2.18. The van der Waals surface area contributed by atoms with E-state index in [9.17, 15) is 19.8 Å². The van der Waals surface area contributed by atoms with Gasteiger partial charge < -0.3 is 19.7 Å². The van der Waals surface area contributed by atoms with Crippen LogP contribution >= 0.6 is 0 Å². The van der Waals surface area contributed by atoms with Crippen LogP contribution in [-0.4, -0.2) is 47.6 Å². The summed E-state index contributed by atoms with van der Waals surface area (Å²) < 4.78 is 10.4. The molecule has 6 heteroatoms. The van der Waals surface area contributed by atoms with Gasteiger partial charge in [-0.15, -0.1) is 0 Å². The van der Waals surface area contributed by atoms with E-state index in [0.29, 0.717) is 12.8 Å². The highest BCUT2D eigenvalue weighted by atomic mass is 16.6. The van der Waals surface area contributed by atoms with Gasteiger partial charge in [0, 0.05) is 12.8 Å². The van der Waals surface area contributed by atoms with Crippen molar-refractivity contribution in [2.75, 3.05) is 13.2 Å². The summed E-state index contributed by atoms with van der Waals surface area (Å²) in [6.45, 7) is 3.51. The number of allylic oxidation sites excluding steroid dienone is 8. The molecule has 0 bridgehead atoms. The minimum absolute atomic E-state index is 0.0982. The van der Waals surface area contributed by atoms with Gasteiger partial charge in [-0.05, 0) is 64.7 Å². The van der Waals surface area contributed by atoms with E-state index < -0.39 is 6.10 Å². The summed E-state index contributed by atoms with van der Waals surface area (Å²) in [4.78, 5) is 23.7. The molecule has 37 heavy (non-hydrogen) atoms. The number of aliphatic hydroxyl groups is 2. The second-order valence-electron chi connectivity index (χ2n) is 9.41. The summed E-state index contributed by atoms with van der Waals surface area (Å²) >= 11 is 0. The van der Waals surface area contributed by atoms with Crippen molar-refractivity contribution in [3.63, 3.8) is 0 Å². The van der Waals surface area contributed by atoms with Crippen molar-refractivity contribution in [3.8, 4) is 0 Å². The normalized spacial score (nSPS) is 13.7. The van der Waals surface area contributed by atoms with Crippen molar-refractivity contribution < 1.29 is 29.3 Å². The van der Waals surface area contributed by atoms with Crippen LogP contribution < -0.4 is 0 Å². The van der Waals surface area contributed by atoms with Crippen LogP contribution in [0.25, 0.3) is 0 Å². The van der Waals surface area contributed by atoms with Gasteiger partial charge in [0.25, 0.3) is 0 Å². The Morgan fingerprint density at radius 1 is 0.730 bits per heavy atom. The monoisotopic (exact) mass is 520 g/mol. The van der Waals surface area contributed by atoms with Gasteiger partial charge in [-0.1, -0.05) is 81.2 Å². The maximum atomic E-state index is 12.0. The van der Waals surface area contributed by atoms with E-state index in [1.165, 1.54) is 6.42 Å². The Morgan fingerprint density at radius 3 is 1.84 bits per heavy atom. The third-order valence-corrected chi connectivity index (χ3v) is 5.64. The molecule has 0 aliphatic heterocycles. The third kappa shape index (κ3) is 26.7. The van der Waals surface area contributed by atoms with Crippen LogP contribution in [-0.2, 0) is 19.1 Å². The molecule has 0 saturated carbocycles. The van der Waals surface area contributed by atoms with E-state index in [0.717, 1.165) is 70.6 Å². The zero-order chi connectivity index (χ0) is 27.4. The molecule has 0 heterocycles. The van der Waals surface area contributed by atoms with Gasteiger partial charge >= 0.3 is 11.9 Å². The van der Waals surface area contributed by atoms with E-state index in [-0.39, 0.29) is 37.7 Å². The lowest BCUT2D eigenvalue weighted by atomic mass is 10.1. The molecule has 0 saturated heterocycles. The molecule has 0 aromatic rings. The highest BCUT2D eigenvalue weighted by Gasteiger charge is 2.15. The van der Waals surface area contributed by atoms with Crippen LogP contribution in [0.4, 0.5) is 0 Å². The minimum Gasteiger partial charge on any atom is -0.462 e. The van der Waals surface area contributed by atoms with E-state index in [2.05, 4.69) is 55.5 Å². The molecule has 2 atom stereocenters. The average Bonchev–Trinajstić information content (AvgIpc) is 2.88. The van der Waals surface area contributed by atoms with Crippen molar-refractivity contribution in [2.24, 2.45) is 0 Å². The van der Waals surface area contributed by atoms with Crippen molar-refractivity contribution in [2.45, 2.75) is 122 Å². The molecule has 0 aliphatic rings. The molecule has 0 fully saturated rings. The first-order valence-corrected chi connectivity index (χ1v) is 14.2. The summed E-state index contributed by atoms with van der Waals surface area (Å²) in [6.07, 6.45) is 29.0. The lowest BCUT2D eigenvalue weighted by molar-refractivity contribution is -0.161. The number of carbonyl (C=O) groups is 2. The topological polar surface area (TPSA) is 93.1 Å². The standard InChI is InChI=1S/C31H52O6/c1-3-4-5-17-21-24-30(34)36-27-29(26-32)37-31(35)25-22-19-16-14-12-10-8-6-7-9-11-13-15-18-20-23-28(2)33/h7-10,13-16,28-29,32-33H,3-6,11-12,17-27H2,1-2H3/b9-7-,10-8-,15-13-,16-14-/t28-,29-/m0/s1. The molecule has 0 aromatic carbocycles. The van der Waals surface area contributed by atoms with Gasteiger partial charge in [-0.3, -0.25) is 9.59 Å². The number of unbranched alkanes of at least 4 members (excludes halogenated alkanes) is 6. The molecule has 0 rings (SSSR count). The van der Waals surface area contributed by atoms with Crippen LogP contribution in [0.15, 0.2) is 48.6 Å². The summed E-state index contributed by atoms with van der Waals surface area (Å²) in [6, 6.07) is 0. The Labute approximate surface area is 225 Å². The first kappa shape index (κ1) is 34.8. The van der Waals surface area contributed by atoms with Crippen LogP contribution in [0, 0.1) is 0 Å². The number of hydrogen-bond acceptors (Lipinski definition) is 6. The first-order chi connectivity index (χ1) is 18.0. The lowest BCUT2D eigenvalue weighted by Gasteiger charge is -2.15. The highest BCUT2D eigenvalue weighted by molar-refractivity contribution is 5.70. The van der Waals surface area contributed by atoms with Crippen LogP contribution in [0.2, 0.25) is 0 Å². The maximum Gasteiger partial charge on any atom is 0.306 e. The molecule has 0 amide bonds. The average molecular weight is 521 g/mol.